The summed E-state index contributed by atoms with van der Waals surface area (Å²) in [5.74, 6) is -1.91. The van der Waals surface area contributed by atoms with Gasteiger partial charge in [-0.25, -0.2) is 8.78 Å². The van der Waals surface area contributed by atoms with Crippen molar-refractivity contribution in [3.8, 4) is 0 Å². The highest BCUT2D eigenvalue weighted by Gasteiger charge is 2.35. The summed E-state index contributed by atoms with van der Waals surface area (Å²) in [6, 6.07) is 9.90. The van der Waals surface area contributed by atoms with Gasteiger partial charge in [0, 0.05) is 12.6 Å². The highest BCUT2D eigenvalue weighted by molar-refractivity contribution is 7.11. The van der Waals surface area contributed by atoms with Crippen molar-refractivity contribution < 1.29 is 18.4 Å². The number of carbonyl (C=O) groups is 2. The lowest BCUT2D eigenvalue weighted by molar-refractivity contribution is -0.126. The molecule has 1 aromatic heterocycles. The van der Waals surface area contributed by atoms with E-state index in [4.69, 9.17) is 23.2 Å². The van der Waals surface area contributed by atoms with Crippen LogP contribution in [-0.4, -0.2) is 27.1 Å². The van der Waals surface area contributed by atoms with E-state index in [1.165, 1.54) is 53.4 Å². The zero-order chi connectivity index (χ0) is 24.2. The zero-order valence-electron chi connectivity index (χ0n) is 17.9. The van der Waals surface area contributed by atoms with Gasteiger partial charge in [0.2, 0.25) is 5.91 Å². The van der Waals surface area contributed by atoms with Gasteiger partial charge in [-0.1, -0.05) is 60.3 Å². The van der Waals surface area contributed by atoms with E-state index in [0.29, 0.717) is 11.1 Å². The maximum absolute atomic E-state index is 13.7. The molecule has 0 bridgehead atoms. The van der Waals surface area contributed by atoms with Gasteiger partial charge in [0.15, 0.2) is 5.69 Å². The largest absolute Gasteiger partial charge is 0.351 e. The molecule has 0 unspecified atom stereocenters. The molecule has 1 heterocycles. The Kier molecular flexibility index (Phi) is 7.80. The lowest BCUT2D eigenvalue weighted by atomic mass is 10.0. The Balaban J connectivity index is 1.77. The predicted octanol–water partition coefficient (Wildman–Crippen LogP) is 6.17. The standard InChI is InChI=1S/C24H21Cl2F2N3O2S/c25-19-20(30-34-22(19)26)24(33)31(13-14-5-9-16(27)10-6-14)21(15-7-11-17(28)12-8-15)23(32)29-18-3-1-2-4-18/h5-12,18,21H,1-4,13H2,(H,29,32)/t21-/m0/s1. The lowest BCUT2D eigenvalue weighted by Gasteiger charge is -2.32. The first kappa shape index (κ1) is 24.6. The monoisotopic (exact) mass is 523 g/mol. The number of nitrogens with one attached hydrogen (secondary N) is 1. The van der Waals surface area contributed by atoms with E-state index in [-0.39, 0.29) is 27.6 Å². The SMILES string of the molecule is O=C(NC1CCCC1)[C@H](c1ccc(F)cc1)N(Cc1ccc(F)cc1)C(=O)c1nsc(Cl)c1Cl. The normalized spacial score (nSPS) is 14.7. The van der Waals surface area contributed by atoms with Crippen molar-refractivity contribution in [1.29, 1.82) is 0 Å². The number of carbonyl (C=O) groups excluding carboxylic acids is 2. The van der Waals surface area contributed by atoms with Crippen LogP contribution >= 0.6 is 34.7 Å². The van der Waals surface area contributed by atoms with Gasteiger partial charge in [-0.2, -0.15) is 4.37 Å². The van der Waals surface area contributed by atoms with Gasteiger partial charge < -0.3 is 10.2 Å². The first-order valence-electron chi connectivity index (χ1n) is 10.8. The number of nitrogens with zero attached hydrogens (tertiary/aromatic N) is 2. The summed E-state index contributed by atoms with van der Waals surface area (Å²) in [5, 5.41) is 3.03. The molecule has 1 aliphatic carbocycles. The summed E-state index contributed by atoms with van der Waals surface area (Å²) in [6.45, 7) is -0.0370. The molecule has 0 spiro atoms. The van der Waals surface area contributed by atoms with Crippen LogP contribution in [0.1, 0.15) is 53.3 Å². The van der Waals surface area contributed by atoms with Gasteiger partial charge in [-0.05, 0) is 59.8 Å². The predicted molar refractivity (Wildman–Crippen MR) is 128 cm³/mol. The second-order valence-corrected chi connectivity index (χ2v) is 9.88. The molecule has 1 aliphatic rings. The quantitative estimate of drug-likeness (QED) is 0.402. The van der Waals surface area contributed by atoms with Crippen LogP contribution < -0.4 is 5.32 Å². The van der Waals surface area contributed by atoms with E-state index in [2.05, 4.69) is 9.69 Å². The maximum Gasteiger partial charge on any atom is 0.276 e. The topological polar surface area (TPSA) is 62.3 Å². The highest BCUT2D eigenvalue weighted by atomic mass is 35.5. The number of halogens is 4. The van der Waals surface area contributed by atoms with Gasteiger partial charge in [0.1, 0.15) is 27.0 Å². The molecule has 178 valence electrons. The Morgan fingerprint density at radius 2 is 1.62 bits per heavy atom. The third-order valence-corrected chi connectivity index (χ3v) is 7.39. The van der Waals surface area contributed by atoms with E-state index in [9.17, 15) is 18.4 Å². The summed E-state index contributed by atoms with van der Waals surface area (Å²) in [5.41, 5.74) is 0.928. The fourth-order valence-corrected chi connectivity index (χ4v) is 5.05. The first-order chi connectivity index (χ1) is 16.3. The zero-order valence-corrected chi connectivity index (χ0v) is 20.3. The van der Waals surface area contributed by atoms with Gasteiger partial charge in [0.05, 0.1) is 0 Å². The van der Waals surface area contributed by atoms with Crippen LogP contribution in [-0.2, 0) is 11.3 Å². The van der Waals surface area contributed by atoms with Crippen molar-refractivity contribution in [2.75, 3.05) is 0 Å². The summed E-state index contributed by atoms with van der Waals surface area (Å²) in [7, 11) is 0. The molecule has 2 aromatic carbocycles. The van der Waals surface area contributed by atoms with E-state index in [1.807, 2.05) is 0 Å². The molecule has 1 N–H and O–H groups in total. The number of amides is 2. The van der Waals surface area contributed by atoms with Gasteiger partial charge in [-0.3, -0.25) is 9.59 Å². The molecule has 0 saturated heterocycles. The van der Waals surface area contributed by atoms with Gasteiger partial charge in [0.25, 0.3) is 5.91 Å². The molecule has 5 nitrogen and oxygen atoms in total. The Labute approximate surface area is 209 Å². The molecule has 1 saturated carbocycles. The van der Waals surface area contributed by atoms with Crippen molar-refractivity contribution in [2.24, 2.45) is 0 Å². The molecule has 1 atom stereocenters. The molecular formula is C24H21Cl2F2N3O2S. The molecule has 3 aromatic rings. The fraction of sp³-hybridized carbons (Fsp3) is 0.292. The summed E-state index contributed by atoms with van der Waals surface area (Å²) in [4.78, 5) is 28.5. The number of benzene rings is 2. The maximum atomic E-state index is 13.7. The van der Waals surface area contributed by atoms with E-state index in [0.717, 1.165) is 37.2 Å². The average molecular weight is 524 g/mol. The summed E-state index contributed by atoms with van der Waals surface area (Å²) in [6.07, 6.45) is 3.72. The molecule has 0 aliphatic heterocycles. The average Bonchev–Trinajstić information content (AvgIpc) is 3.45. The summed E-state index contributed by atoms with van der Waals surface area (Å²) >= 11 is 13.1. The molecule has 34 heavy (non-hydrogen) atoms. The molecule has 2 amide bonds. The smallest absolute Gasteiger partial charge is 0.276 e. The number of hydrogen-bond donors (Lipinski definition) is 1. The molecule has 0 radical (unpaired) electrons. The van der Waals surface area contributed by atoms with Crippen molar-refractivity contribution in [2.45, 2.75) is 44.3 Å². The lowest BCUT2D eigenvalue weighted by Crippen LogP contribution is -2.46. The van der Waals surface area contributed by atoms with Crippen molar-refractivity contribution in [3.63, 3.8) is 0 Å². The van der Waals surface area contributed by atoms with Crippen LogP contribution in [0.4, 0.5) is 8.78 Å². The minimum Gasteiger partial charge on any atom is -0.351 e. The molecule has 4 rings (SSSR count). The van der Waals surface area contributed by atoms with Crippen LogP contribution in [0.25, 0.3) is 0 Å². The van der Waals surface area contributed by atoms with E-state index >= 15 is 0 Å². The number of aromatic nitrogens is 1. The minimum atomic E-state index is -1.10. The highest BCUT2D eigenvalue weighted by Crippen LogP contribution is 2.33. The molecular weight excluding hydrogens is 503 g/mol. The fourth-order valence-electron chi connectivity index (χ4n) is 4.06. The van der Waals surface area contributed by atoms with E-state index < -0.39 is 29.5 Å². The second-order valence-electron chi connectivity index (χ2n) is 8.12. The van der Waals surface area contributed by atoms with Crippen molar-refractivity contribution in [3.05, 3.63) is 86.3 Å². The van der Waals surface area contributed by atoms with Crippen LogP contribution in [0.15, 0.2) is 48.5 Å². The molecule has 10 heteroatoms. The molecule has 1 fully saturated rings. The van der Waals surface area contributed by atoms with E-state index in [1.54, 1.807) is 0 Å². The van der Waals surface area contributed by atoms with Crippen LogP contribution in [0.3, 0.4) is 0 Å². The van der Waals surface area contributed by atoms with Crippen LogP contribution in [0.2, 0.25) is 9.36 Å². The van der Waals surface area contributed by atoms with Crippen LogP contribution in [0.5, 0.6) is 0 Å². The Hall–Kier alpha value is -2.55. The third kappa shape index (κ3) is 5.56. The minimum absolute atomic E-state index is 0.00414. The van der Waals surface area contributed by atoms with Crippen molar-refractivity contribution >= 4 is 46.5 Å². The Morgan fingerprint density at radius 3 is 2.18 bits per heavy atom. The van der Waals surface area contributed by atoms with Crippen molar-refractivity contribution in [1.82, 2.24) is 14.6 Å². The van der Waals surface area contributed by atoms with Crippen LogP contribution in [0, 0.1) is 11.6 Å². The third-order valence-electron chi connectivity index (χ3n) is 5.77. The Bertz CT molecular complexity index is 1170. The second kappa shape index (κ2) is 10.8. The first-order valence-corrected chi connectivity index (χ1v) is 12.3. The Morgan fingerprint density at radius 1 is 1.03 bits per heavy atom. The number of rotatable bonds is 7. The van der Waals surface area contributed by atoms with Gasteiger partial charge in [-0.15, -0.1) is 0 Å². The summed E-state index contributed by atoms with van der Waals surface area (Å²) < 4.78 is 31.4. The number of hydrogen-bond acceptors (Lipinski definition) is 4. The van der Waals surface area contributed by atoms with Gasteiger partial charge >= 0.3 is 0 Å².